The van der Waals surface area contributed by atoms with Crippen molar-refractivity contribution in [1.29, 1.82) is 0 Å². The molecule has 1 aromatic carbocycles. The standard InChI is InChI=1S/C20H26N2O4/c1-13-11-16(13)18(23)21-15-6-4-5-14(12-15)19(24)22-8-3-2-7-17(22)20-25-9-10-26-20/h4-6,12-13,16-17,20H,2-3,7-11H2,1H3,(H,21,23). The summed E-state index contributed by atoms with van der Waals surface area (Å²) in [6.45, 7) is 3.96. The molecule has 3 unspecified atom stereocenters. The van der Waals surface area contributed by atoms with Crippen molar-refractivity contribution < 1.29 is 19.1 Å². The first-order chi connectivity index (χ1) is 12.6. The van der Waals surface area contributed by atoms with Crippen molar-refractivity contribution in [1.82, 2.24) is 4.90 Å². The number of nitrogens with one attached hydrogen (secondary N) is 1. The third kappa shape index (κ3) is 3.62. The molecule has 2 amide bonds. The monoisotopic (exact) mass is 358 g/mol. The summed E-state index contributed by atoms with van der Waals surface area (Å²) in [7, 11) is 0. The Balaban J connectivity index is 1.47. The molecule has 0 bridgehead atoms. The molecule has 0 radical (unpaired) electrons. The zero-order chi connectivity index (χ0) is 18.1. The summed E-state index contributed by atoms with van der Waals surface area (Å²) in [5.41, 5.74) is 1.28. The van der Waals surface area contributed by atoms with E-state index < -0.39 is 0 Å². The highest BCUT2D eigenvalue weighted by molar-refractivity contribution is 5.98. The summed E-state index contributed by atoms with van der Waals surface area (Å²) in [5, 5.41) is 2.94. The summed E-state index contributed by atoms with van der Waals surface area (Å²) in [6.07, 6.45) is 3.59. The fourth-order valence-electron chi connectivity index (χ4n) is 3.91. The number of carbonyl (C=O) groups is 2. The van der Waals surface area contributed by atoms with Crippen LogP contribution in [0.15, 0.2) is 24.3 Å². The lowest BCUT2D eigenvalue weighted by molar-refractivity contribution is -0.117. The van der Waals surface area contributed by atoms with Crippen LogP contribution in [0, 0.1) is 11.8 Å². The number of hydrogen-bond acceptors (Lipinski definition) is 4. The van der Waals surface area contributed by atoms with Gasteiger partial charge >= 0.3 is 0 Å². The summed E-state index contributed by atoms with van der Waals surface area (Å²) >= 11 is 0. The van der Waals surface area contributed by atoms with Crippen molar-refractivity contribution in [3.63, 3.8) is 0 Å². The maximum absolute atomic E-state index is 13.1. The molecule has 3 atom stereocenters. The van der Waals surface area contributed by atoms with E-state index >= 15 is 0 Å². The van der Waals surface area contributed by atoms with Crippen LogP contribution < -0.4 is 5.32 Å². The van der Waals surface area contributed by atoms with Crippen LogP contribution in [-0.4, -0.2) is 48.8 Å². The molecule has 4 rings (SSSR count). The first kappa shape index (κ1) is 17.5. The van der Waals surface area contributed by atoms with E-state index in [0.29, 0.717) is 36.9 Å². The molecule has 6 heteroatoms. The third-order valence-electron chi connectivity index (χ3n) is 5.60. The zero-order valence-electron chi connectivity index (χ0n) is 15.1. The van der Waals surface area contributed by atoms with Crippen molar-refractivity contribution in [2.75, 3.05) is 25.1 Å². The molecule has 2 aliphatic heterocycles. The van der Waals surface area contributed by atoms with Gasteiger partial charge in [0.15, 0.2) is 6.29 Å². The number of hydrogen-bond donors (Lipinski definition) is 1. The van der Waals surface area contributed by atoms with Crippen LogP contribution in [0.5, 0.6) is 0 Å². The summed E-state index contributed by atoms with van der Waals surface area (Å²) in [4.78, 5) is 27.1. The van der Waals surface area contributed by atoms with Crippen LogP contribution in [0.3, 0.4) is 0 Å². The molecule has 2 heterocycles. The number of amides is 2. The molecular weight excluding hydrogens is 332 g/mol. The van der Waals surface area contributed by atoms with Crippen molar-refractivity contribution in [2.24, 2.45) is 11.8 Å². The zero-order valence-corrected chi connectivity index (χ0v) is 15.1. The van der Waals surface area contributed by atoms with Gasteiger partial charge < -0.3 is 19.7 Å². The number of carbonyl (C=O) groups excluding carboxylic acids is 2. The first-order valence-corrected chi connectivity index (χ1v) is 9.58. The van der Waals surface area contributed by atoms with Crippen LogP contribution in [0.25, 0.3) is 0 Å². The third-order valence-corrected chi connectivity index (χ3v) is 5.60. The fraction of sp³-hybridized carbons (Fsp3) is 0.600. The normalized spacial score (nSPS) is 28.8. The minimum absolute atomic E-state index is 0.0234. The Bertz CT molecular complexity index is 686. The average Bonchev–Trinajstić information content (AvgIpc) is 3.17. The van der Waals surface area contributed by atoms with E-state index in [9.17, 15) is 9.59 Å². The highest BCUT2D eigenvalue weighted by Gasteiger charge is 2.39. The molecule has 0 aromatic heterocycles. The molecule has 1 aliphatic carbocycles. The largest absolute Gasteiger partial charge is 0.348 e. The number of benzene rings is 1. The highest BCUT2D eigenvalue weighted by atomic mass is 16.7. The van der Waals surface area contributed by atoms with Gasteiger partial charge in [-0.3, -0.25) is 9.59 Å². The van der Waals surface area contributed by atoms with Crippen molar-refractivity contribution >= 4 is 17.5 Å². The van der Waals surface area contributed by atoms with Crippen LogP contribution in [0.4, 0.5) is 5.69 Å². The highest BCUT2D eigenvalue weighted by Crippen LogP contribution is 2.38. The number of likely N-dealkylation sites (tertiary alicyclic amines) is 1. The van der Waals surface area contributed by atoms with Crippen molar-refractivity contribution in [2.45, 2.75) is 44.9 Å². The second kappa shape index (κ2) is 7.37. The molecular formula is C20H26N2O4. The second-order valence-electron chi connectivity index (χ2n) is 7.56. The van der Waals surface area contributed by atoms with E-state index in [2.05, 4.69) is 12.2 Å². The van der Waals surface area contributed by atoms with E-state index in [1.807, 2.05) is 17.0 Å². The van der Waals surface area contributed by atoms with Gasteiger partial charge in [0.2, 0.25) is 5.91 Å². The molecule has 26 heavy (non-hydrogen) atoms. The van der Waals surface area contributed by atoms with Gasteiger partial charge in [0, 0.05) is 23.7 Å². The molecule has 1 aromatic rings. The fourth-order valence-corrected chi connectivity index (χ4v) is 3.91. The molecule has 1 saturated carbocycles. The molecule has 0 spiro atoms. The smallest absolute Gasteiger partial charge is 0.254 e. The van der Waals surface area contributed by atoms with Gasteiger partial charge in [0.05, 0.1) is 19.3 Å². The average molecular weight is 358 g/mol. The van der Waals surface area contributed by atoms with Crippen molar-refractivity contribution in [3.05, 3.63) is 29.8 Å². The quantitative estimate of drug-likeness (QED) is 0.898. The van der Waals surface area contributed by atoms with E-state index in [4.69, 9.17) is 9.47 Å². The lowest BCUT2D eigenvalue weighted by atomic mass is 10.00. The lowest BCUT2D eigenvalue weighted by Crippen LogP contribution is -2.50. The Labute approximate surface area is 153 Å². The lowest BCUT2D eigenvalue weighted by Gasteiger charge is -2.38. The van der Waals surface area contributed by atoms with Crippen LogP contribution in [0.2, 0.25) is 0 Å². The van der Waals surface area contributed by atoms with E-state index in [-0.39, 0.29) is 30.1 Å². The number of anilines is 1. The Morgan fingerprint density at radius 1 is 1.19 bits per heavy atom. The summed E-state index contributed by atoms with van der Waals surface area (Å²) < 4.78 is 11.3. The minimum atomic E-state index is -0.321. The van der Waals surface area contributed by atoms with Crippen molar-refractivity contribution in [3.8, 4) is 0 Å². The topological polar surface area (TPSA) is 67.9 Å². The second-order valence-corrected chi connectivity index (χ2v) is 7.56. The SMILES string of the molecule is CC1CC1C(=O)Nc1cccc(C(=O)N2CCCCC2C2OCCO2)c1. The number of rotatable bonds is 4. The maximum Gasteiger partial charge on any atom is 0.254 e. The van der Waals surface area contributed by atoms with Crippen LogP contribution in [0.1, 0.15) is 43.0 Å². The van der Waals surface area contributed by atoms with Gasteiger partial charge in [-0.05, 0) is 49.8 Å². The predicted molar refractivity (Wildman–Crippen MR) is 96.7 cm³/mol. The summed E-state index contributed by atoms with van der Waals surface area (Å²) in [5.74, 6) is 0.591. The van der Waals surface area contributed by atoms with E-state index in [0.717, 1.165) is 25.7 Å². The van der Waals surface area contributed by atoms with Gasteiger partial charge in [0.1, 0.15) is 0 Å². The van der Waals surface area contributed by atoms with Crippen LogP contribution in [-0.2, 0) is 14.3 Å². The minimum Gasteiger partial charge on any atom is -0.348 e. The van der Waals surface area contributed by atoms with Crippen LogP contribution >= 0.6 is 0 Å². The van der Waals surface area contributed by atoms with Gasteiger partial charge in [-0.15, -0.1) is 0 Å². The molecule has 2 saturated heterocycles. The molecule has 3 aliphatic rings. The number of piperidine rings is 1. The first-order valence-electron chi connectivity index (χ1n) is 9.58. The van der Waals surface area contributed by atoms with Gasteiger partial charge in [-0.2, -0.15) is 0 Å². The Kier molecular flexibility index (Phi) is 4.96. The maximum atomic E-state index is 13.1. The Hall–Kier alpha value is -1.92. The van der Waals surface area contributed by atoms with Gasteiger partial charge in [0.25, 0.3) is 5.91 Å². The molecule has 1 N–H and O–H groups in total. The Morgan fingerprint density at radius 2 is 1.96 bits per heavy atom. The molecule has 6 nitrogen and oxygen atoms in total. The molecule has 3 fully saturated rings. The van der Waals surface area contributed by atoms with Gasteiger partial charge in [-0.25, -0.2) is 0 Å². The number of ether oxygens (including phenoxy) is 2. The van der Waals surface area contributed by atoms with Gasteiger partial charge in [-0.1, -0.05) is 13.0 Å². The summed E-state index contributed by atoms with van der Waals surface area (Å²) in [6, 6.07) is 7.19. The Morgan fingerprint density at radius 3 is 2.69 bits per heavy atom. The molecule has 140 valence electrons. The van der Waals surface area contributed by atoms with E-state index in [1.165, 1.54) is 0 Å². The van der Waals surface area contributed by atoms with E-state index in [1.54, 1.807) is 12.1 Å². The number of nitrogens with zero attached hydrogens (tertiary/aromatic N) is 1. The predicted octanol–water partition coefficient (Wildman–Crippen LogP) is 2.65.